The zero-order valence-electron chi connectivity index (χ0n) is 14.1. The van der Waals surface area contributed by atoms with E-state index in [0.29, 0.717) is 15.2 Å². The van der Waals surface area contributed by atoms with Crippen molar-refractivity contribution in [2.24, 2.45) is 4.99 Å². The van der Waals surface area contributed by atoms with Crippen molar-refractivity contribution >= 4 is 45.9 Å². The molecule has 4 aromatic rings. The molecule has 0 aliphatic carbocycles. The first-order valence-corrected chi connectivity index (χ1v) is 9.89. The quantitative estimate of drug-likeness (QED) is 0.320. The minimum atomic E-state index is 0.666. The zero-order chi connectivity index (χ0) is 18.6. The summed E-state index contributed by atoms with van der Waals surface area (Å²) in [6.45, 7) is 0. The largest absolute Gasteiger partial charge is 0.227 e. The fraction of sp³-hybridized carbons (Fsp3) is 0. The monoisotopic (exact) mass is 408 g/mol. The SMILES string of the molecule is Clc1ccc(-c2nc(N=Cc3ccccc3Cl)sc2-c2ccccc2)cc1. The van der Waals surface area contributed by atoms with E-state index in [1.54, 1.807) is 17.6 Å². The van der Waals surface area contributed by atoms with Crippen molar-refractivity contribution in [1.29, 1.82) is 0 Å². The lowest BCUT2D eigenvalue weighted by Gasteiger charge is -2.02. The van der Waals surface area contributed by atoms with E-state index in [4.69, 9.17) is 28.2 Å². The van der Waals surface area contributed by atoms with E-state index in [-0.39, 0.29) is 0 Å². The first-order chi connectivity index (χ1) is 13.2. The molecule has 3 aromatic carbocycles. The lowest BCUT2D eigenvalue weighted by molar-refractivity contribution is 1.36. The first kappa shape index (κ1) is 17.9. The summed E-state index contributed by atoms with van der Waals surface area (Å²) in [7, 11) is 0. The molecule has 0 radical (unpaired) electrons. The standard InChI is InChI=1S/C22H14Cl2N2S/c23-18-12-10-15(11-13-18)20-21(16-6-2-1-3-7-16)27-22(26-20)25-14-17-8-4-5-9-19(17)24/h1-14H. The van der Waals surface area contributed by atoms with Gasteiger partial charge < -0.3 is 0 Å². The van der Waals surface area contributed by atoms with Gasteiger partial charge in [-0.1, -0.05) is 95.2 Å². The van der Waals surface area contributed by atoms with Gasteiger partial charge in [0.25, 0.3) is 0 Å². The fourth-order valence-corrected chi connectivity index (χ4v) is 3.91. The van der Waals surface area contributed by atoms with Crippen molar-refractivity contribution in [3.63, 3.8) is 0 Å². The molecule has 5 heteroatoms. The number of halogens is 2. The Bertz CT molecular complexity index is 1090. The molecule has 0 N–H and O–H groups in total. The maximum Gasteiger partial charge on any atom is 0.210 e. The number of benzene rings is 3. The van der Waals surface area contributed by atoms with Gasteiger partial charge >= 0.3 is 0 Å². The summed E-state index contributed by atoms with van der Waals surface area (Å²) in [4.78, 5) is 10.4. The summed E-state index contributed by atoms with van der Waals surface area (Å²) in [5.41, 5.74) is 3.88. The second-order valence-electron chi connectivity index (χ2n) is 5.83. The zero-order valence-corrected chi connectivity index (χ0v) is 16.5. The van der Waals surface area contributed by atoms with E-state index in [1.807, 2.05) is 66.7 Å². The van der Waals surface area contributed by atoms with E-state index in [2.05, 4.69) is 17.1 Å². The highest BCUT2D eigenvalue weighted by atomic mass is 35.5. The Kier molecular flexibility index (Phi) is 5.35. The second-order valence-corrected chi connectivity index (χ2v) is 7.65. The van der Waals surface area contributed by atoms with Crippen LogP contribution in [-0.2, 0) is 0 Å². The maximum absolute atomic E-state index is 6.21. The average Bonchev–Trinajstić information content (AvgIpc) is 3.13. The molecule has 27 heavy (non-hydrogen) atoms. The van der Waals surface area contributed by atoms with Gasteiger partial charge in [0.05, 0.1) is 10.6 Å². The van der Waals surface area contributed by atoms with Gasteiger partial charge in [-0.05, 0) is 23.8 Å². The number of aromatic nitrogens is 1. The maximum atomic E-state index is 6.21. The van der Waals surface area contributed by atoms with E-state index >= 15 is 0 Å². The Hall–Kier alpha value is -2.46. The van der Waals surface area contributed by atoms with Crippen molar-refractivity contribution in [3.8, 4) is 21.7 Å². The fourth-order valence-electron chi connectivity index (χ4n) is 2.66. The summed E-state index contributed by atoms with van der Waals surface area (Å²) < 4.78 is 0. The van der Waals surface area contributed by atoms with E-state index in [0.717, 1.165) is 27.3 Å². The molecule has 0 atom stereocenters. The molecular formula is C22H14Cl2N2S. The molecule has 0 aliphatic rings. The van der Waals surface area contributed by atoms with Gasteiger partial charge in [-0.15, -0.1) is 0 Å². The number of aliphatic imine (C=N–C) groups is 1. The van der Waals surface area contributed by atoms with E-state index in [1.165, 1.54) is 0 Å². The highest BCUT2D eigenvalue weighted by molar-refractivity contribution is 7.19. The number of hydrogen-bond donors (Lipinski definition) is 0. The number of rotatable bonds is 4. The molecule has 132 valence electrons. The molecule has 1 heterocycles. The minimum Gasteiger partial charge on any atom is -0.227 e. The average molecular weight is 409 g/mol. The van der Waals surface area contributed by atoms with Gasteiger partial charge in [0, 0.05) is 27.4 Å². The Morgan fingerprint density at radius 2 is 1.48 bits per heavy atom. The highest BCUT2D eigenvalue weighted by Crippen LogP contribution is 2.40. The predicted molar refractivity (Wildman–Crippen MR) is 117 cm³/mol. The van der Waals surface area contributed by atoms with Crippen LogP contribution in [0.5, 0.6) is 0 Å². The Labute approximate surface area is 171 Å². The van der Waals surface area contributed by atoms with Crippen molar-refractivity contribution < 1.29 is 0 Å². The summed E-state index contributed by atoms with van der Waals surface area (Å²) in [6, 6.07) is 25.5. The van der Waals surface area contributed by atoms with Crippen LogP contribution in [0.3, 0.4) is 0 Å². The van der Waals surface area contributed by atoms with Crippen molar-refractivity contribution in [3.05, 3.63) is 94.5 Å². The number of thiazole rings is 1. The normalized spacial score (nSPS) is 11.2. The van der Waals surface area contributed by atoms with Gasteiger partial charge in [-0.3, -0.25) is 0 Å². The Morgan fingerprint density at radius 1 is 0.778 bits per heavy atom. The van der Waals surface area contributed by atoms with Crippen LogP contribution in [0.4, 0.5) is 5.13 Å². The van der Waals surface area contributed by atoms with Crippen LogP contribution < -0.4 is 0 Å². The van der Waals surface area contributed by atoms with Crippen LogP contribution in [0.25, 0.3) is 21.7 Å². The molecule has 1 aromatic heterocycles. The third-order valence-electron chi connectivity index (χ3n) is 3.99. The minimum absolute atomic E-state index is 0.666. The van der Waals surface area contributed by atoms with Gasteiger partial charge in [0.2, 0.25) is 5.13 Å². The van der Waals surface area contributed by atoms with Gasteiger partial charge in [-0.2, -0.15) is 0 Å². The van der Waals surface area contributed by atoms with Crippen molar-refractivity contribution in [2.75, 3.05) is 0 Å². The first-order valence-electron chi connectivity index (χ1n) is 8.31. The lowest BCUT2D eigenvalue weighted by Crippen LogP contribution is -1.82. The summed E-state index contributed by atoms with van der Waals surface area (Å²) in [5.74, 6) is 0. The van der Waals surface area contributed by atoms with Crippen LogP contribution >= 0.6 is 34.5 Å². The molecule has 0 saturated carbocycles. The molecule has 0 fully saturated rings. The topological polar surface area (TPSA) is 25.2 Å². The molecule has 0 bridgehead atoms. The molecule has 2 nitrogen and oxygen atoms in total. The lowest BCUT2D eigenvalue weighted by atomic mass is 10.1. The van der Waals surface area contributed by atoms with E-state index in [9.17, 15) is 0 Å². The Balaban J connectivity index is 1.78. The van der Waals surface area contributed by atoms with Gasteiger partial charge in [0.15, 0.2) is 0 Å². The number of hydrogen-bond acceptors (Lipinski definition) is 3. The molecule has 0 amide bonds. The van der Waals surface area contributed by atoms with Crippen LogP contribution in [0.1, 0.15) is 5.56 Å². The van der Waals surface area contributed by atoms with Crippen LogP contribution in [0.15, 0.2) is 83.9 Å². The smallest absolute Gasteiger partial charge is 0.210 e. The van der Waals surface area contributed by atoms with Crippen LogP contribution in [0.2, 0.25) is 10.0 Å². The van der Waals surface area contributed by atoms with Crippen LogP contribution in [0, 0.1) is 0 Å². The van der Waals surface area contributed by atoms with E-state index < -0.39 is 0 Å². The van der Waals surface area contributed by atoms with Crippen LogP contribution in [-0.4, -0.2) is 11.2 Å². The third-order valence-corrected chi connectivity index (χ3v) is 5.60. The molecule has 4 rings (SSSR count). The summed E-state index contributed by atoms with van der Waals surface area (Å²) in [5, 5.41) is 2.05. The molecule has 0 spiro atoms. The molecule has 0 aliphatic heterocycles. The third kappa shape index (κ3) is 4.11. The summed E-state index contributed by atoms with van der Waals surface area (Å²) >= 11 is 13.8. The molecular weight excluding hydrogens is 395 g/mol. The van der Waals surface area contributed by atoms with Crippen molar-refractivity contribution in [2.45, 2.75) is 0 Å². The Morgan fingerprint density at radius 3 is 2.22 bits per heavy atom. The van der Waals surface area contributed by atoms with Gasteiger partial charge in [-0.25, -0.2) is 9.98 Å². The molecule has 0 unspecified atom stereocenters. The summed E-state index contributed by atoms with van der Waals surface area (Å²) in [6.07, 6.45) is 1.75. The second kappa shape index (κ2) is 8.05. The van der Waals surface area contributed by atoms with Gasteiger partial charge in [0.1, 0.15) is 0 Å². The number of nitrogens with zero attached hydrogens (tertiary/aromatic N) is 2. The van der Waals surface area contributed by atoms with Crippen molar-refractivity contribution in [1.82, 2.24) is 4.98 Å². The molecule has 0 saturated heterocycles. The predicted octanol–water partition coefficient (Wildman–Crippen LogP) is 7.53. The highest BCUT2D eigenvalue weighted by Gasteiger charge is 2.14.